The summed E-state index contributed by atoms with van der Waals surface area (Å²) in [5.41, 5.74) is 4.14. The zero-order valence-corrected chi connectivity index (χ0v) is 81.8. The van der Waals surface area contributed by atoms with E-state index in [-0.39, 0.29) is 40.0 Å². The minimum absolute atomic E-state index is 0.00839. The van der Waals surface area contributed by atoms with Gasteiger partial charge in [-0.15, -0.1) is 0 Å². The molecule has 8 unspecified atom stereocenters. The highest BCUT2D eigenvalue weighted by atomic mass is 33.1. The average molecular weight is 1940 g/mol. The largest absolute Gasteiger partial charge is 0.433 e. The highest BCUT2D eigenvalue weighted by molar-refractivity contribution is 8.77. The van der Waals surface area contributed by atoms with Crippen LogP contribution < -0.4 is 20.7 Å². The van der Waals surface area contributed by atoms with Crippen LogP contribution in [0.15, 0.2) is 280 Å². The second kappa shape index (κ2) is 63.9. The van der Waals surface area contributed by atoms with Gasteiger partial charge in [-0.05, 0) is 178 Å². The molecule has 18 atom stereocenters. The van der Waals surface area contributed by atoms with E-state index in [2.05, 4.69) is 171 Å². The van der Waals surface area contributed by atoms with Crippen molar-refractivity contribution in [2.75, 3.05) is 25.6 Å². The molecule has 748 valence electrons. The molecule has 1 amide bonds. The summed E-state index contributed by atoms with van der Waals surface area (Å²) in [4.78, 5) is 89.8. The van der Waals surface area contributed by atoms with Crippen LogP contribution in [0.25, 0.3) is 0 Å². The Morgan fingerprint density at radius 1 is 0.435 bits per heavy atom. The van der Waals surface area contributed by atoms with Crippen LogP contribution in [0.2, 0.25) is 0 Å². The number of nitrogens with one attached hydrogen (secondary N) is 3. The molecule has 28 heteroatoms. The van der Waals surface area contributed by atoms with Crippen molar-refractivity contribution in [2.24, 2.45) is 0 Å². The number of benzene rings is 5. The van der Waals surface area contributed by atoms with Crippen molar-refractivity contribution in [3.63, 3.8) is 0 Å². The van der Waals surface area contributed by atoms with Gasteiger partial charge in [0.05, 0.1) is 31.7 Å². The number of rotatable bonds is 52. The molecule has 12 N–H and O–H groups in total. The maximum atomic E-state index is 13.4. The number of carbonyl (C=O) groups is 7. The molecule has 26 nitrogen and oxygen atoms in total. The molecule has 0 saturated carbocycles. The first kappa shape index (κ1) is 114. The second-order valence-electron chi connectivity index (χ2n) is 34.2. The van der Waals surface area contributed by atoms with E-state index >= 15 is 0 Å². The molecule has 0 spiro atoms. The number of aliphatic hydroxyl groups is 9. The molecule has 4 heterocycles. The number of hydrogen-bond acceptors (Lipinski definition) is 27. The third-order valence-corrected chi connectivity index (χ3v) is 26.5. The van der Waals surface area contributed by atoms with E-state index in [4.69, 9.17) is 33.2 Å². The lowest BCUT2D eigenvalue weighted by Crippen LogP contribution is -2.65. The van der Waals surface area contributed by atoms with Crippen molar-refractivity contribution in [3.8, 4) is 5.75 Å². The first-order valence-corrected chi connectivity index (χ1v) is 50.1. The van der Waals surface area contributed by atoms with Gasteiger partial charge in [-0.25, -0.2) is 4.79 Å². The maximum absolute atomic E-state index is 13.4. The minimum atomic E-state index is -1.54. The molecule has 0 aliphatic carbocycles. The van der Waals surface area contributed by atoms with Gasteiger partial charge >= 0.3 is 23.9 Å². The molecular weight excluding hydrogens is 1800 g/mol. The van der Waals surface area contributed by atoms with Gasteiger partial charge in [0, 0.05) is 57.5 Å². The van der Waals surface area contributed by atoms with Gasteiger partial charge < -0.3 is 95.1 Å². The number of hydrogen-bond donors (Lipinski definition) is 12. The fraction of sp³-hybridized carbons (Fsp3) is 0.445. The van der Waals surface area contributed by atoms with E-state index in [9.17, 15) is 79.5 Å². The maximum Gasteiger partial charge on any atom is 0.344 e. The van der Waals surface area contributed by atoms with Gasteiger partial charge in [0.2, 0.25) is 24.8 Å². The minimum Gasteiger partial charge on any atom is -0.433 e. The summed E-state index contributed by atoms with van der Waals surface area (Å²) in [6.45, 7) is 17.3. The molecule has 4 saturated heterocycles. The Hall–Kier alpha value is -10.5. The van der Waals surface area contributed by atoms with Gasteiger partial charge in [-0.1, -0.05) is 286 Å². The SMILES string of the molecule is C=C(CCC/C=C\C/C=C\C/C=C\C/C=C\C/C=C\CC)NC1[C@H](OC(=O)C(C)c2cccc(C(=O)c3ccccc3)c2)OC(CO)[C@@H](O)[C@@H]1O.C=C(CCC/C=C\C/C=C\C/C=C\C/C=C\C/C=C\CC)NC1[C@H](OC(=O)c2ccccc2OC(C)=O)OC(CO)[C@@H](O)[C@@H]1O.CC(C(=O)O[C@@H]1OC(CO)[C@@H](O)[C@H](O)C1NC(=O)CCCC[C@]1(C)CCSS1)c1cccc(C(=O)c2ccccc2)c1. The highest BCUT2D eigenvalue weighted by Crippen LogP contribution is 2.49. The van der Waals surface area contributed by atoms with Crippen molar-refractivity contribution < 1.29 is 113 Å². The normalized spacial score (nSPS) is 23.8. The van der Waals surface area contributed by atoms with Gasteiger partial charge in [0.15, 0.2) is 11.6 Å². The van der Waals surface area contributed by atoms with Crippen molar-refractivity contribution in [1.29, 1.82) is 0 Å². The summed E-state index contributed by atoms with van der Waals surface area (Å²) in [5, 5.41) is 102. The fourth-order valence-electron chi connectivity index (χ4n) is 15.1. The summed E-state index contributed by atoms with van der Waals surface area (Å²) in [6, 6.07) is 33.9. The van der Waals surface area contributed by atoms with E-state index < -0.39 is 147 Å². The number of esters is 4. The summed E-state index contributed by atoms with van der Waals surface area (Å²) in [5.74, 6) is -4.02. The first-order chi connectivity index (χ1) is 66.7. The summed E-state index contributed by atoms with van der Waals surface area (Å²) < 4.78 is 39.2. The Morgan fingerprint density at radius 3 is 1.16 bits per heavy atom. The third kappa shape index (κ3) is 39.6. The molecule has 9 rings (SSSR count). The highest BCUT2D eigenvalue weighted by Gasteiger charge is 2.50. The lowest BCUT2D eigenvalue weighted by Gasteiger charge is -2.42. The van der Waals surface area contributed by atoms with Crippen molar-refractivity contribution in [2.45, 2.75) is 285 Å². The molecule has 4 aliphatic rings. The quantitative estimate of drug-likeness (QED) is 0.00327. The van der Waals surface area contributed by atoms with Crippen LogP contribution in [-0.4, -0.2) is 210 Å². The van der Waals surface area contributed by atoms with Crippen molar-refractivity contribution in [3.05, 3.63) is 318 Å². The summed E-state index contributed by atoms with van der Waals surface area (Å²) in [6.07, 6.45) is 44.5. The van der Waals surface area contributed by atoms with Crippen LogP contribution in [0.5, 0.6) is 5.75 Å². The molecule has 0 radical (unpaired) electrons. The second-order valence-corrected chi connectivity index (χ2v) is 37.2. The molecular formula is C110H143N3O23S2. The zero-order valence-electron chi connectivity index (χ0n) is 80.2. The Bertz CT molecular complexity index is 4890. The lowest BCUT2D eigenvalue weighted by atomic mass is 9.95. The zero-order chi connectivity index (χ0) is 100.0. The Balaban J connectivity index is 0.000000283. The molecule has 5 aromatic carbocycles. The van der Waals surface area contributed by atoms with Crippen LogP contribution >= 0.6 is 21.6 Å². The lowest BCUT2D eigenvalue weighted by molar-refractivity contribution is -0.264. The van der Waals surface area contributed by atoms with E-state index in [1.54, 1.807) is 123 Å². The number of carbonyl (C=O) groups excluding carboxylic acids is 7. The van der Waals surface area contributed by atoms with Crippen molar-refractivity contribution in [1.82, 2.24) is 16.0 Å². The number of amides is 1. The first-order valence-electron chi connectivity index (χ1n) is 47.8. The van der Waals surface area contributed by atoms with Crippen LogP contribution in [0.3, 0.4) is 0 Å². The van der Waals surface area contributed by atoms with E-state index in [0.717, 1.165) is 115 Å². The predicted octanol–water partition coefficient (Wildman–Crippen LogP) is 16.6. The number of aliphatic hydroxyl groups excluding tert-OH is 9. The fourth-order valence-corrected chi connectivity index (χ4v) is 18.4. The number of allylic oxidation sites excluding steroid dienone is 22. The van der Waals surface area contributed by atoms with Crippen LogP contribution in [0, 0.1) is 0 Å². The third-order valence-electron chi connectivity index (χ3n) is 23.2. The number of para-hydroxylation sites is 1. The molecule has 4 fully saturated rings. The molecule has 138 heavy (non-hydrogen) atoms. The Morgan fingerprint density at radius 2 is 0.790 bits per heavy atom. The molecule has 0 aromatic heterocycles. The number of ketones is 2. The Kier molecular flexibility index (Phi) is 53.0. The Labute approximate surface area is 821 Å². The predicted molar refractivity (Wildman–Crippen MR) is 540 cm³/mol. The number of unbranched alkanes of at least 4 members (excludes halogenated alkanes) is 3. The van der Waals surface area contributed by atoms with Crippen LogP contribution in [-0.2, 0) is 47.6 Å². The smallest absolute Gasteiger partial charge is 0.344 e. The van der Waals surface area contributed by atoms with Gasteiger partial charge in [-0.2, -0.15) is 0 Å². The average Bonchev–Trinajstić information content (AvgIpc) is 1.05. The van der Waals surface area contributed by atoms with E-state index in [1.807, 2.05) is 33.7 Å². The van der Waals surface area contributed by atoms with Gasteiger partial charge in [-0.3, -0.25) is 28.8 Å². The standard InChI is InChI=1S/C43H55NO7.C36H49NO8.C31H39NO8S2/c1-4-5-6-7-8-9-10-11-12-13-14-15-16-17-18-19-21-25-32(2)44-38-41(48)40(47)37(31-45)50-43(38)51-42(49)33(3)35-28-24-29-36(30-35)39(46)34-26-22-20-23-27-34;1-4-5-6-7-8-9-10-11-12-13-14-15-16-17-18-19-20-23-27(2)37-32-34(41)33(40)31(26-38)44-36(32)45-35(42)29-24-21-22-25-30(29)43-28(3)39;1-19(21-11-8-12-22(17-21)26(35)20-9-4-3-5-10-20)29(38)40-30-25(28(37)27(36)23(18-33)39-30)32-24(34)13-6-7-14-31(2)15-16-41-42-31/h5-6,8-9,11-12,14-15,17-18,20,22-24,26-30,33,37-38,40-41,43-45,47-48H,2,4,7,10,13,16,19,21,25,31H2,1,3H3;5-6,8-9,11-12,14-15,17-18,21-22,24-25,31-34,36-38,40-41H,2,4,7,10,13,16,19-20,23,26H2,1,3H3;3-5,8-12,17,19,23,25,27-28,30,33,36-37H,6-7,13-16,18H2,1-2H3,(H,32,34)/b2*6-5-,9-8-,12-11-,15-14-,18-17-;/t33?,37?,38?,40-,41-,43+;31?,32?,33-,34-,36+;19?,23?,25?,27-,28-,30+,31-/m111/s1. The van der Waals surface area contributed by atoms with E-state index in [0.29, 0.717) is 64.0 Å². The van der Waals surface area contributed by atoms with Crippen molar-refractivity contribution >= 4 is 62.9 Å². The van der Waals surface area contributed by atoms with Gasteiger partial charge in [0.25, 0.3) is 0 Å². The summed E-state index contributed by atoms with van der Waals surface area (Å²) >= 11 is 0. The number of ether oxygens (including phenoxy) is 7. The van der Waals surface area contributed by atoms with Gasteiger partial charge in [0.1, 0.15) is 84.4 Å². The molecule has 4 aliphatic heterocycles. The summed E-state index contributed by atoms with van der Waals surface area (Å²) in [7, 11) is 3.77. The van der Waals surface area contributed by atoms with Crippen LogP contribution in [0.4, 0.5) is 0 Å². The monoisotopic (exact) mass is 1940 g/mol. The van der Waals surface area contributed by atoms with Crippen LogP contribution in [0.1, 0.15) is 242 Å². The topological polar surface area (TPSA) is 402 Å². The molecule has 0 bridgehead atoms. The molecule has 5 aromatic rings. The van der Waals surface area contributed by atoms with E-state index in [1.165, 1.54) is 19.1 Å².